The zero-order valence-corrected chi connectivity index (χ0v) is 14.2. The Kier molecular flexibility index (Phi) is 4.12. The lowest BCUT2D eigenvalue weighted by Crippen LogP contribution is -2.43. The number of carbonyl (C=O) groups excluding carboxylic acids is 1. The van der Waals surface area contributed by atoms with Crippen LogP contribution in [0.25, 0.3) is 11.1 Å². The van der Waals surface area contributed by atoms with Gasteiger partial charge in [-0.3, -0.25) is 9.36 Å². The quantitative estimate of drug-likeness (QED) is 0.711. The van der Waals surface area contributed by atoms with Gasteiger partial charge in [-0.2, -0.15) is 0 Å². The van der Waals surface area contributed by atoms with Gasteiger partial charge in [-0.05, 0) is 36.5 Å². The third-order valence-corrected chi connectivity index (χ3v) is 4.96. The Morgan fingerprint density at radius 2 is 1.85 bits per heavy atom. The number of benzene rings is 2. The topological polar surface area (TPSA) is 84.5 Å². The fourth-order valence-corrected chi connectivity index (χ4v) is 3.37. The highest BCUT2D eigenvalue weighted by Crippen LogP contribution is 2.45. The Hall–Kier alpha value is -2.86. The summed E-state index contributed by atoms with van der Waals surface area (Å²) in [6.07, 6.45) is 1.88. The summed E-state index contributed by atoms with van der Waals surface area (Å²) in [5.74, 6) is -0.766. The number of amides is 1. The van der Waals surface area contributed by atoms with Crippen LogP contribution >= 0.6 is 0 Å². The average molecular weight is 352 g/mol. The molecular formula is C20H20N2O4. The van der Waals surface area contributed by atoms with Gasteiger partial charge >= 0.3 is 5.76 Å². The summed E-state index contributed by atoms with van der Waals surface area (Å²) < 4.78 is 6.44. The molecular weight excluding hydrogens is 332 g/mol. The summed E-state index contributed by atoms with van der Waals surface area (Å²) in [6.45, 7) is -0.0313. The number of aliphatic hydroxyl groups is 1. The van der Waals surface area contributed by atoms with E-state index in [4.69, 9.17) is 4.42 Å². The fraction of sp³-hybridized carbons (Fsp3) is 0.300. The van der Waals surface area contributed by atoms with E-state index in [0.29, 0.717) is 11.1 Å². The molecule has 2 N–H and O–H groups in total. The zero-order valence-electron chi connectivity index (χ0n) is 14.2. The van der Waals surface area contributed by atoms with Gasteiger partial charge in [-0.1, -0.05) is 42.5 Å². The van der Waals surface area contributed by atoms with E-state index in [1.807, 2.05) is 30.3 Å². The number of oxazole rings is 1. The molecule has 3 aromatic rings. The van der Waals surface area contributed by atoms with Crippen molar-refractivity contribution in [2.75, 3.05) is 6.54 Å². The molecule has 1 saturated carbocycles. The van der Waals surface area contributed by atoms with E-state index in [1.165, 1.54) is 4.57 Å². The van der Waals surface area contributed by atoms with Gasteiger partial charge in [0.2, 0.25) is 5.91 Å². The molecule has 0 aliphatic heterocycles. The number of rotatable bonds is 6. The Bertz CT molecular complexity index is 988. The van der Waals surface area contributed by atoms with E-state index in [0.717, 1.165) is 18.4 Å². The molecule has 0 spiro atoms. The van der Waals surface area contributed by atoms with Gasteiger partial charge < -0.3 is 14.8 Å². The average Bonchev–Trinajstić information content (AvgIpc) is 3.47. The summed E-state index contributed by atoms with van der Waals surface area (Å²) in [6, 6.07) is 16.4. The number of para-hydroxylation sites is 2. The van der Waals surface area contributed by atoms with E-state index in [1.54, 1.807) is 24.3 Å². The summed E-state index contributed by atoms with van der Waals surface area (Å²) in [7, 11) is 0. The van der Waals surface area contributed by atoms with Crippen molar-refractivity contribution in [3.8, 4) is 0 Å². The minimum atomic E-state index is -1.08. The first-order valence-corrected chi connectivity index (χ1v) is 8.71. The first kappa shape index (κ1) is 16.6. The monoisotopic (exact) mass is 352 g/mol. The predicted octanol–water partition coefficient (Wildman–Crippen LogP) is 2.01. The Balaban J connectivity index is 1.49. The highest BCUT2D eigenvalue weighted by molar-refractivity contribution is 5.79. The second kappa shape index (κ2) is 6.46. The highest BCUT2D eigenvalue weighted by atomic mass is 16.4. The second-order valence-electron chi connectivity index (χ2n) is 6.76. The van der Waals surface area contributed by atoms with Crippen molar-refractivity contribution in [2.24, 2.45) is 5.92 Å². The maximum Gasteiger partial charge on any atom is 0.420 e. The first-order valence-electron chi connectivity index (χ1n) is 8.71. The van der Waals surface area contributed by atoms with E-state index in [9.17, 15) is 14.7 Å². The predicted molar refractivity (Wildman–Crippen MR) is 96.5 cm³/mol. The molecule has 1 aromatic heterocycles. The van der Waals surface area contributed by atoms with Crippen LogP contribution in [0.3, 0.4) is 0 Å². The second-order valence-corrected chi connectivity index (χ2v) is 6.76. The molecule has 6 nitrogen and oxygen atoms in total. The third kappa shape index (κ3) is 3.04. The van der Waals surface area contributed by atoms with E-state index < -0.39 is 11.4 Å². The maximum atomic E-state index is 12.4. The van der Waals surface area contributed by atoms with Crippen LogP contribution < -0.4 is 11.1 Å². The molecule has 1 aliphatic carbocycles. The van der Waals surface area contributed by atoms with Crippen LogP contribution in [-0.4, -0.2) is 22.1 Å². The standard InChI is InChI=1S/C20H20N2O4/c23-18(12-22-16-8-4-5-9-17(16)26-19(22)24)21-13-20(25,15-10-11-15)14-6-2-1-3-7-14/h1-9,15,25H,10-13H2,(H,21,23). The van der Waals surface area contributed by atoms with Crippen molar-refractivity contribution in [2.45, 2.75) is 25.0 Å². The largest absolute Gasteiger partial charge is 0.420 e. The molecule has 26 heavy (non-hydrogen) atoms. The van der Waals surface area contributed by atoms with E-state index in [2.05, 4.69) is 5.32 Å². The number of hydrogen-bond donors (Lipinski definition) is 2. The lowest BCUT2D eigenvalue weighted by molar-refractivity contribution is -0.123. The lowest BCUT2D eigenvalue weighted by Gasteiger charge is -2.29. The summed E-state index contributed by atoms with van der Waals surface area (Å²) in [5.41, 5.74) is 0.742. The van der Waals surface area contributed by atoms with E-state index in [-0.39, 0.29) is 24.9 Å². The van der Waals surface area contributed by atoms with Crippen molar-refractivity contribution in [3.63, 3.8) is 0 Å². The molecule has 1 aliphatic rings. The molecule has 0 bridgehead atoms. The molecule has 4 rings (SSSR count). The first-order chi connectivity index (χ1) is 12.6. The van der Waals surface area contributed by atoms with Gasteiger partial charge in [0.05, 0.1) is 12.1 Å². The van der Waals surface area contributed by atoms with Crippen molar-refractivity contribution in [3.05, 3.63) is 70.7 Å². The fourth-order valence-electron chi connectivity index (χ4n) is 3.37. The van der Waals surface area contributed by atoms with E-state index >= 15 is 0 Å². The van der Waals surface area contributed by atoms with Crippen molar-refractivity contribution in [1.29, 1.82) is 0 Å². The van der Waals surface area contributed by atoms with Crippen molar-refractivity contribution in [1.82, 2.24) is 9.88 Å². The number of fused-ring (bicyclic) bond motifs is 1. The Morgan fingerprint density at radius 1 is 1.15 bits per heavy atom. The smallest absolute Gasteiger partial charge is 0.408 e. The van der Waals surface area contributed by atoms with Crippen LogP contribution in [0.2, 0.25) is 0 Å². The molecule has 1 amide bonds. The molecule has 134 valence electrons. The van der Waals surface area contributed by atoms with Crippen molar-refractivity contribution >= 4 is 17.0 Å². The molecule has 2 aromatic carbocycles. The molecule has 0 radical (unpaired) electrons. The van der Waals surface area contributed by atoms with Gasteiger partial charge in [-0.15, -0.1) is 0 Å². The van der Waals surface area contributed by atoms with Crippen LogP contribution in [0.4, 0.5) is 0 Å². The summed E-state index contributed by atoms with van der Waals surface area (Å²) >= 11 is 0. The highest BCUT2D eigenvalue weighted by Gasteiger charge is 2.45. The minimum Gasteiger partial charge on any atom is -0.408 e. The number of nitrogens with one attached hydrogen (secondary N) is 1. The third-order valence-electron chi connectivity index (χ3n) is 4.96. The van der Waals surface area contributed by atoms with Crippen LogP contribution in [0.1, 0.15) is 18.4 Å². The van der Waals surface area contributed by atoms with Crippen LogP contribution in [0, 0.1) is 5.92 Å². The molecule has 1 atom stereocenters. The SMILES string of the molecule is O=C(Cn1c(=O)oc2ccccc21)NCC(O)(c1ccccc1)C1CC1. The maximum absolute atomic E-state index is 12.4. The van der Waals surface area contributed by atoms with Gasteiger partial charge in [0.1, 0.15) is 12.1 Å². The minimum absolute atomic E-state index is 0.116. The zero-order chi connectivity index (χ0) is 18.1. The van der Waals surface area contributed by atoms with Crippen molar-refractivity contribution < 1.29 is 14.3 Å². The Labute approximate surface area is 150 Å². The van der Waals surface area contributed by atoms with Crippen LogP contribution in [0.5, 0.6) is 0 Å². The number of hydrogen-bond acceptors (Lipinski definition) is 4. The van der Waals surface area contributed by atoms with Crippen LogP contribution in [0.15, 0.2) is 63.8 Å². The molecule has 6 heteroatoms. The molecule has 1 heterocycles. The van der Waals surface area contributed by atoms with Gasteiger partial charge in [0.15, 0.2) is 5.58 Å². The molecule has 0 saturated heterocycles. The van der Waals surface area contributed by atoms with Gasteiger partial charge in [0, 0.05) is 0 Å². The summed E-state index contributed by atoms with van der Waals surface area (Å²) in [4.78, 5) is 24.4. The number of nitrogens with zero attached hydrogens (tertiary/aromatic N) is 1. The molecule has 1 unspecified atom stereocenters. The van der Waals surface area contributed by atoms with Gasteiger partial charge in [0.25, 0.3) is 0 Å². The molecule has 1 fully saturated rings. The normalized spacial score (nSPS) is 16.3. The summed E-state index contributed by atoms with van der Waals surface area (Å²) in [5, 5.41) is 13.9. The van der Waals surface area contributed by atoms with Crippen LogP contribution in [-0.2, 0) is 16.9 Å². The van der Waals surface area contributed by atoms with Gasteiger partial charge in [-0.25, -0.2) is 4.79 Å². The number of aromatic nitrogens is 1. The number of carbonyl (C=O) groups is 1. The lowest BCUT2D eigenvalue weighted by atomic mass is 9.88. The Morgan fingerprint density at radius 3 is 2.58 bits per heavy atom.